The fourth-order valence-electron chi connectivity index (χ4n) is 4.83. The topological polar surface area (TPSA) is 192 Å². The second-order valence-electron chi connectivity index (χ2n) is 12.0. The van der Waals surface area contributed by atoms with Gasteiger partial charge in [0, 0.05) is 209 Å². The molecule has 16 nitrogen and oxygen atoms in total. The minimum atomic E-state index is 1.00. The van der Waals surface area contributed by atoms with E-state index in [4.69, 9.17) is 0 Å². The Balaban J connectivity index is 2.00. The molecule has 0 aliphatic carbocycles. The molecule has 1 fully saturated rings. The van der Waals surface area contributed by atoms with E-state index >= 15 is 0 Å². The van der Waals surface area contributed by atoms with Crippen LogP contribution < -0.4 is 85.1 Å². The molecule has 288 valence electrons. The molecule has 0 unspecified atom stereocenters. The molecule has 0 aromatic carbocycles. The number of nitrogens with one attached hydrogen (secondary N) is 16. The van der Waals surface area contributed by atoms with Gasteiger partial charge < -0.3 is 85.1 Å². The Labute approximate surface area is 294 Å². The summed E-state index contributed by atoms with van der Waals surface area (Å²) in [5, 5.41) is 55.9. The van der Waals surface area contributed by atoms with E-state index in [2.05, 4.69) is 85.1 Å². The molecule has 0 radical (unpaired) electrons. The third-order valence-corrected chi connectivity index (χ3v) is 7.66. The summed E-state index contributed by atoms with van der Waals surface area (Å²) in [4.78, 5) is 0. The summed E-state index contributed by atoms with van der Waals surface area (Å²) in [6.45, 7) is 32.1. The molecule has 0 atom stereocenters. The zero-order valence-electron chi connectivity index (χ0n) is 30.6. The van der Waals surface area contributed by atoms with Crippen molar-refractivity contribution < 1.29 is 0 Å². The summed E-state index contributed by atoms with van der Waals surface area (Å²) in [6.07, 6.45) is 0. The molecule has 0 saturated carbocycles. The Morgan fingerprint density at radius 2 is 0.125 bits per heavy atom. The molecule has 0 aromatic rings. The Kier molecular flexibility index (Phi) is 40.2. The van der Waals surface area contributed by atoms with Crippen LogP contribution in [0.3, 0.4) is 0 Å². The van der Waals surface area contributed by atoms with Gasteiger partial charge in [0.2, 0.25) is 0 Å². The predicted octanol–water partition coefficient (Wildman–Crippen LogP) is -6.57. The third kappa shape index (κ3) is 39.8. The molecule has 1 heterocycles. The maximum Gasteiger partial charge on any atom is 0.00772 e. The van der Waals surface area contributed by atoms with Crippen LogP contribution >= 0.6 is 0 Å². The van der Waals surface area contributed by atoms with Crippen LogP contribution in [0.15, 0.2) is 0 Å². The van der Waals surface area contributed by atoms with Crippen LogP contribution in [0.5, 0.6) is 0 Å². The van der Waals surface area contributed by atoms with Crippen LogP contribution in [0.4, 0.5) is 0 Å². The lowest BCUT2D eigenvalue weighted by Crippen LogP contribution is -2.39. The molecule has 48 heavy (non-hydrogen) atoms. The van der Waals surface area contributed by atoms with Crippen molar-refractivity contribution >= 4 is 0 Å². The normalized spacial score (nSPS) is 24.0. The van der Waals surface area contributed by atoms with E-state index in [1.807, 2.05) is 0 Å². The van der Waals surface area contributed by atoms with E-state index < -0.39 is 0 Å². The molecule has 0 aromatic heterocycles. The quantitative estimate of drug-likeness (QED) is 0.115. The molecular formula is C32H80N16. The maximum absolute atomic E-state index is 3.49. The first kappa shape index (κ1) is 45.4. The summed E-state index contributed by atoms with van der Waals surface area (Å²) in [6, 6.07) is 0. The summed E-state index contributed by atoms with van der Waals surface area (Å²) in [5.74, 6) is 0. The van der Waals surface area contributed by atoms with Gasteiger partial charge in [-0.3, -0.25) is 0 Å². The van der Waals surface area contributed by atoms with Crippen molar-refractivity contribution in [1.29, 1.82) is 0 Å². The Bertz CT molecular complexity index is 312. The average molecular weight is 689 g/mol. The fourth-order valence-corrected chi connectivity index (χ4v) is 4.83. The van der Waals surface area contributed by atoms with Crippen LogP contribution in [0.2, 0.25) is 0 Å². The van der Waals surface area contributed by atoms with Gasteiger partial charge in [-0.05, 0) is 0 Å². The highest BCUT2D eigenvalue weighted by Crippen LogP contribution is 1.69. The smallest absolute Gasteiger partial charge is 0.00772 e. The molecule has 0 bridgehead atoms. The molecule has 1 aliphatic heterocycles. The van der Waals surface area contributed by atoms with Crippen molar-refractivity contribution in [1.82, 2.24) is 85.1 Å². The summed E-state index contributed by atoms with van der Waals surface area (Å²) < 4.78 is 0. The summed E-state index contributed by atoms with van der Waals surface area (Å²) in [5.41, 5.74) is 0. The number of hydrogen-bond acceptors (Lipinski definition) is 16. The molecule has 0 spiro atoms. The standard InChI is InChI=1S/C32H80N16/c1-2-34-5-6-36-9-10-38-13-14-40-17-18-42-21-22-44-25-26-46-29-30-48-32-31-47-28-27-45-24-23-43-20-19-41-16-15-39-12-11-37-8-7-35-4-3-33-1/h33-48H,1-32H2. The highest BCUT2D eigenvalue weighted by Gasteiger charge is 1.95. The van der Waals surface area contributed by atoms with Crippen LogP contribution in [0.1, 0.15) is 0 Å². The van der Waals surface area contributed by atoms with Gasteiger partial charge in [-0.25, -0.2) is 0 Å². The molecule has 16 N–H and O–H groups in total. The minimum Gasteiger partial charge on any atom is -0.314 e. The lowest BCUT2D eigenvalue weighted by molar-refractivity contribution is 0.534. The van der Waals surface area contributed by atoms with Crippen molar-refractivity contribution in [3.8, 4) is 0 Å². The van der Waals surface area contributed by atoms with E-state index in [1.54, 1.807) is 0 Å². The van der Waals surface area contributed by atoms with Gasteiger partial charge in [0.25, 0.3) is 0 Å². The fraction of sp³-hybridized carbons (Fsp3) is 1.00. The van der Waals surface area contributed by atoms with Crippen molar-refractivity contribution in [3.63, 3.8) is 0 Å². The maximum atomic E-state index is 3.49. The summed E-state index contributed by atoms with van der Waals surface area (Å²) >= 11 is 0. The van der Waals surface area contributed by atoms with E-state index in [0.717, 1.165) is 209 Å². The largest absolute Gasteiger partial charge is 0.314 e. The van der Waals surface area contributed by atoms with Gasteiger partial charge in [-0.15, -0.1) is 0 Å². The minimum absolute atomic E-state index is 1.00. The average Bonchev–Trinajstić information content (AvgIpc) is 3.10. The van der Waals surface area contributed by atoms with Crippen molar-refractivity contribution in [2.75, 3.05) is 209 Å². The van der Waals surface area contributed by atoms with Gasteiger partial charge in [0.05, 0.1) is 0 Å². The number of rotatable bonds is 0. The Morgan fingerprint density at radius 3 is 0.167 bits per heavy atom. The lowest BCUT2D eigenvalue weighted by Gasteiger charge is -2.11. The highest BCUT2D eigenvalue weighted by atomic mass is 15.0. The molecule has 16 heteroatoms. The molecular weight excluding hydrogens is 608 g/mol. The first-order valence-electron chi connectivity index (χ1n) is 19.3. The molecule has 0 amide bonds. The van der Waals surface area contributed by atoms with Crippen LogP contribution in [-0.4, -0.2) is 209 Å². The van der Waals surface area contributed by atoms with Crippen molar-refractivity contribution in [2.24, 2.45) is 0 Å². The van der Waals surface area contributed by atoms with Crippen molar-refractivity contribution in [3.05, 3.63) is 0 Å². The van der Waals surface area contributed by atoms with Crippen LogP contribution in [0.25, 0.3) is 0 Å². The molecule has 1 saturated heterocycles. The first-order chi connectivity index (χ1) is 24.0. The highest BCUT2D eigenvalue weighted by molar-refractivity contribution is 4.63. The second-order valence-corrected chi connectivity index (χ2v) is 12.0. The van der Waals surface area contributed by atoms with Gasteiger partial charge in [-0.1, -0.05) is 0 Å². The SMILES string of the molecule is C1CNCCNCCNCCNCCNCCNCCNCCNCCNCCNCCNCCNCCNCCNCCNCCN1. The van der Waals surface area contributed by atoms with Gasteiger partial charge in [0.1, 0.15) is 0 Å². The molecule has 1 rings (SSSR count). The van der Waals surface area contributed by atoms with E-state index in [-0.39, 0.29) is 0 Å². The van der Waals surface area contributed by atoms with Crippen LogP contribution in [0, 0.1) is 0 Å². The second kappa shape index (κ2) is 42.5. The van der Waals surface area contributed by atoms with Gasteiger partial charge in [-0.2, -0.15) is 0 Å². The van der Waals surface area contributed by atoms with E-state index in [9.17, 15) is 0 Å². The Hall–Kier alpha value is -0.640. The third-order valence-electron chi connectivity index (χ3n) is 7.66. The van der Waals surface area contributed by atoms with Gasteiger partial charge in [0.15, 0.2) is 0 Å². The monoisotopic (exact) mass is 689 g/mol. The number of hydrogen-bond donors (Lipinski definition) is 16. The summed E-state index contributed by atoms with van der Waals surface area (Å²) in [7, 11) is 0. The lowest BCUT2D eigenvalue weighted by atomic mass is 10.4. The predicted molar refractivity (Wildman–Crippen MR) is 206 cm³/mol. The zero-order chi connectivity index (χ0) is 33.9. The van der Waals surface area contributed by atoms with E-state index in [0.29, 0.717) is 0 Å². The Morgan fingerprint density at radius 1 is 0.0833 bits per heavy atom. The first-order valence-corrected chi connectivity index (χ1v) is 19.3. The zero-order valence-corrected chi connectivity index (χ0v) is 30.6. The van der Waals surface area contributed by atoms with Crippen molar-refractivity contribution in [2.45, 2.75) is 0 Å². The molecule has 1 aliphatic rings. The van der Waals surface area contributed by atoms with Crippen LogP contribution in [-0.2, 0) is 0 Å². The van der Waals surface area contributed by atoms with Gasteiger partial charge >= 0.3 is 0 Å². The van der Waals surface area contributed by atoms with E-state index in [1.165, 1.54) is 0 Å².